The first-order valence-electron chi connectivity index (χ1n) is 12.1. The van der Waals surface area contributed by atoms with Gasteiger partial charge in [-0.3, -0.25) is 4.79 Å². The summed E-state index contributed by atoms with van der Waals surface area (Å²) in [5, 5.41) is 8.38. The lowest BCUT2D eigenvalue weighted by Crippen LogP contribution is -2.49. The molecule has 2 aliphatic rings. The SMILES string of the molecule is COC(=O)c1c(C2CCC2)ccnc1O[C@@H]1CC[C@@H](C)N(C(=O)c2ccccc2-n2nccn2)C1. The Morgan fingerprint density at radius 3 is 2.49 bits per heavy atom. The van der Waals surface area contributed by atoms with Gasteiger partial charge >= 0.3 is 5.97 Å². The summed E-state index contributed by atoms with van der Waals surface area (Å²) in [6.07, 6.45) is 9.32. The number of rotatable bonds is 6. The summed E-state index contributed by atoms with van der Waals surface area (Å²) in [6, 6.07) is 9.24. The van der Waals surface area contributed by atoms with Crippen LogP contribution in [0.3, 0.4) is 0 Å². The molecule has 1 saturated heterocycles. The van der Waals surface area contributed by atoms with Crippen molar-refractivity contribution in [2.75, 3.05) is 13.7 Å². The van der Waals surface area contributed by atoms with Crippen molar-refractivity contribution >= 4 is 11.9 Å². The lowest BCUT2D eigenvalue weighted by molar-refractivity contribution is 0.0358. The van der Waals surface area contributed by atoms with Crippen LogP contribution in [0, 0.1) is 0 Å². The minimum Gasteiger partial charge on any atom is -0.472 e. The number of ether oxygens (including phenoxy) is 2. The van der Waals surface area contributed by atoms with E-state index in [1.165, 1.54) is 11.9 Å². The smallest absolute Gasteiger partial charge is 0.343 e. The van der Waals surface area contributed by atoms with E-state index in [1.807, 2.05) is 36.1 Å². The fraction of sp³-hybridized carbons (Fsp3) is 0.423. The molecule has 0 unspecified atom stereocenters. The summed E-state index contributed by atoms with van der Waals surface area (Å²) in [4.78, 5) is 34.0. The molecule has 1 aromatic carbocycles. The zero-order chi connectivity index (χ0) is 24.4. The number of benzene rings is 1. The Bertz CT molecular complexity index is 1210. The molecule has 0 radical (unpaired) electrons. The Morgan fingerprint density at radius 2 is 1.77 bits per heavy atom. The van der Waals surface area contributed by atoms with E-state index in [0.29, 0.717) is 29.3 Å². The molecule has 3 aromatic rings. The quantitative estimate of drug-likeness (QED) is 0.500. The van der Waals surface area contributed by atoms with E-state index < -0.39 is 5.97 Å². The molecule has 2 fully saturated rings. The molecule has 5 rings (SSSR count). The van der Waals surface area contributed by atoms with Crippen molar-refractivity contribution in [3.8, 4) is 11.6 Å². The van der Waals surface area contributed by atoms with Gasteiger partial charge in [0.1, 0.15) is 11.7 Å². The molecule has 2 atom stereocenters. The van der Waals surface area contributed by atoms with Crippen LogP contribution in [-0.2, 0) is 4.74 Å². The second kappa shape index (κ2) is 9.85. The second-order valence-corrected chi connectivity index (χ2v) is 9.16. The maximum atomic E-state index is 13.6. The minimum absolute atomic E-state index is 0.0373. The Hall–Kier alpha value is -3.75. The van der Waals surface area contributed by atoms with Gasteiger partial charge in [0.15, 0.2) is 0 Å². The highest BCUT2D eigenvalue weighted by Gasteiger charge is 2.34. The van der Waals surface area contributed by atoms with Gasteiger partial charge in [0.25, 0.3) is 5.91 Å². The number of carbonyl (C=O) groups excluding carboxylic acids is 2. The number of hydrogen-bond donors (Lipinski definition) is 0. The van der Waals surface area contributed by atoms with Crippen LogP contribution in [0.15, 0.2) is 48.9 Å². The Kier molecular flexibility index (Phi) is 6.48. The lowest BCUT2D eigenvalue weighted by atomic mass is 9.78. The lowest BCUT2D eigenvalue weighted by Gasteiger charge is -2.38. The van der Waals surface area contributed by atoms with Crippen LogP contribution < -0.4 is 4.74 Å². The van der Waals surface area contributed by atoms with Crippen LogP contribution in [0.4, 0.5) is 0 Å². The van der Waals surface area contributed by atoms with Gasteiger partial charge in [0.2, 0.25) is 5.88 Å². The zero-order valence-corrected chi connectivity index (χ0v) is 20.0. The standard InChI is InChI=1S/C26H29N5O4/c1-17-10-11-19(35-24-23(26(33)34-2)20(12-13-27-24)18-6-5-7-18)16-30(17)25(32)21-8-3-4-9-22(21)31-28-14-15-29-31/h3-4,8-9,12-15,17-19H,5-7,10-11,16H2,1-2H3/t17-,19-/m1/s1. The Labute approximate surface area is 204 Å². The molecule has 182 valence electrons. The predicted molar refractivity (Wildman–Crippen MR) is 128 cm³/mol. The third-order valence-electron chi connectivity index (χ3n) is 7.03. The van der Waals surface area contributed by atoms with Crippen LogP contribution in [0.1, 0.15) is 71.2 Å². The third kappa shape index (κ3) is 4.50. The average molecular weight is 476 g/mol. The largest absolute Gasteiger partial charge is 0.472 e. The van der Waals surface area contributed by atoms with Gasteiger partial charge in [-0.25, -0.2) is 9.78 Å². The monoisotopic (exact) mass is 475 g/mol. The van der Waals surface area contributed by atoms with E-state index in [1.54, 1.807) is 24.7 Å². The van der Waals surface area contributed by atoms with Gasteiger partial charge in [0, 0.05) is 12.2 Å². The van der Waals surface area contributed by atoms with Crippen molar-refractivity contribution < 1.29 is 19.1 Å². The van der Waals surface area contributed by atoms with Crippen molar-refractivity contribution in [2.24, 2.45) is 0 Å². The molecule has 35 heavy (non-hydrogen) atoms. The number of para-hydroxylation sites is 1. The molecular weight excluding hydrogens is 446 g/mol. The van der Waals surface area contributed by atoms with Gasteiger partial charge in [-0.05, 0) is 62.3 Å². The number of carbonyl (C=O) groups is 2. The van der Waals surface area contributed by atoms with Crippen LogP contribution >= 0.6 is 0 Å². The third-order valence-corrected chi connectivity index (χ3v) is 7.03. The summed E-state index contributed by atoms with van der Waals surface area (Å²) in [7, 11) is 1.37. The summed E-state index contributed by atoms with van der Waals surface area (Å²) in [5.74, 6) is 0.0662. The number of aromatic nitrogens is 4. The molecule has 1 aliphatic heterocycles. The summed E-state index contributed by atoms with van der Waals surface area (Å²) < 4.78 is 11.4. The highest BCUT2D eigenvalue weighted by Crippen LogP contribution is 2.40. The highest BCUT2D eigenvalue weighted by molar-refractivity contribution is 5.98. The average Bonchev–Trinajstić information content (AvgIpc) is 3.38. The number of esters is 1. The molecule has 1 amide bonds. The van der Waals surface area contributed by atoms with E-state index in [0.717, 1.165) is 37.7 Å². The Morgan fingerprint density at radius 1 is 1.00 bits per heavy atom. The van der Waals surface area contributed by atoms with Crippen LogP contribution in [0.2, 0.25) is 0 Å². The fourth-order valence-corrected chi connectivity index (χ4v) is 4.85. The topological polar surface area (TPSA) is 99.4 Å². The summed E-state index contributed by atoms with van der Waals surface area (Å²) in [6.45, 7) is 2.43. The van der Waals surface area contributed by atoms with Crippen molar-refractivity contribution in [2.45, 2.75) is 57.1 Å². The van der Waals surface area contributed by atoms with Gasteiger partial charge < -0.3 is 14.4 Å². The second-order valence-electron chi connectivity index (χ2n) is 9.16. The zero-order valence-electron chi connectivity index (χ0n) is 20.0. The maximum absolute atomic E-state index is 13.6. The first-order chi connectivity index (χ1) is 17.1. The van der Waals surface area contributed by atoms with Gasteiger partial charge in [-0.1, -0.05) is 18.6 Å². The number of pyridine rings is 1. The predicted octanol–water partition coefficient (Wildman–Crippen LogP) is 3.79. The number of nitrogens with zero attached hydrogens (tertiary/aromatic N) is 5. The number of amides is 1. The van der Waals surface area contributed by atoms with E-state index in [4.69, 9.17) is 9.47 Å². The first kappa shape index (κ1) is 23.0. The molecule has 9 nitrogen and oxygen atoms in total. The number of likely N-dealkylation sites (tertiary alicyclic amines) is 1. The summed E-state index contributed by atoms with van der Waals surface area (Å²) in [5.41, 5.74) is 2.49. The van der Waals surface area contributed by atoms with Crippen molar-refractivity contribution in [3.63, 3.8) is 0 Å². The van der Waals surface area contributed by atoms with Crippen LogP contribution in [0.5, 0.6) is 5.88 Å². The van der Waals surface area contributed by atoms with Crippen LogP contribution in [-0.4, -0.2) is 62.6 Å². The number of hydrogen-bond acceptors (Lipinski definition) is 7. The van der Waals surface area contributed by atoms with E-state index in [9.17, 15) is 9.59 Å². The van der Waals surface area contributed by atoms with E-state index >= 15 is 0 Å². The molecular formula is C26H29N5O4. The van der Waals surface area contributed by atoms with E-state index in [2.05, 4.69) is 15.2 Å². The molecule has 0 spiro atoms. The van der Waals surface area contributed by atoms with Crippen molar-refractivity contribution in [1.29, 1.82) is 0 Å². The molecule has 2 aromatic heterocycles. The summed E-state index contributed by atoms with van der Waals surface area (Å²) >= 11 is 0. The van der Waals surface area contributed by atoms with Crippen molar-refractivity contribution in [1.82, 2.24) is 24.9 Å². The molecule has 1 aliphatic carbocycles. The van der Waals surface area contributed by atoms with Gasteiger partial charge in [-0.15, -0.1) is 0 Å². The van der Waals surface area contributed by atoms with Crippen LogP contribution in [0.25, 0.3) is 5.69 Å². The first-order valence-corrected chi connectivity index (χ1v) is 12.1. The number of piperidine rings is 1. The molecule has 3 heterocycles. The molecule has 0 bridgehead atoms. The fourth-order valence-electron chi connectivity index (χ4n) is 4.85. The molecule has 9 heteroatoms. The van der Waals surface area contributed by atoms with Gasteiger partial charge in [-0.2, -0.15) is 15.0 Å². The number of methoxy groups -OCH3 is 1. The minimum atomic E-state index is -0.437. The highest BCUT2D eigenvalue weighted by atomic mass is 16.5. The normalized spacial score (nSPS) is 20.2. The van der Waals surface area contributed by atoms with Crippen molar-refractivity contribution in [3.05, 3.63) is 65.6 Å². The van der Waals surface area contributed by atoms with E-state index in [-0.39, 0.29) is 23.9 Å². The maximum Gasteiger partial charge on any atom is 0.343 e. The molecule has 1 saturated carbocycles. The molecule has 0 N–H and O–H groups in total. The Balaban J connectivity index is 1.39. The van der Waals surface area contributed by atoms with Gasteiger partial charge in [0.05, 0.1) is 37.3 Å².